The highest BCUT2D eigenvalue weighted by molar-refractivity contribution is 7.92. The van der Waals surface area contributed by atoms with Crippen LogP contribution in [0.1, 0.15) is 12.5 Å². The Labute approximate surface area is 177 Å². The molecule has 1 aliphatic rings. The number of hydrogen-bond acceptors (Lipinski definition) is 4. The van der Waals surface area contributed by atoms with E-state index in [1.54, 1.807) is 24.0 Å². The molecule has 1 heterocycles. The second-order valence-corrected chi connectivity index (χ2v) is 9.66. The van der Waals surface area contributed by atoms with Gasteiger partial charge in [-0.2, -0.15) is 0 Å². The maximum absolute atomic E-state index is 13.1. The van der Waals surface area contributed by atoms with Crippen LogP contribution in [0.25, 0.3) is 0 Å². The van der Waals surface area contributed by atoms with Crippen molar-refractivity contribution in [2.24, 2.45) is 0 Å². The molecule has 1 aliphatic heterocycles. The fraction of sp³-hybridized carbons (Fsp3) is 0.381. The zero-order chi connectivity index (χ0) is 21.2. The first kappa shape index (κ1) is 21.5. The summed E-state index contributed by atoms with van der Waals surface area (Å²) in [4.78, 5) is 17.0. The Morgan fingerprint density at radius 1 is 1.07 bits per heavy atom. The molecular weight excluding hydrogens is 410 g/mol. The van der Waals surface area contributed by atoms with Gasteiger partial charge in [-0.25, -0.2) is 8.42 Å². The first-order chi connectivity index (χ1) is 13.7. The van der Waals surface area contributed by atoms with Gasteiger partial charge < -0.3 is 9.80 Å². The lowest BCUT2D eigenvalue weighted by atomic mass is 10.2. The number of piperazine rings is 1. The zero-order valence-corrected chi connectivity index (χ0v) is 18.4. The number of carbonyl (C=O) groups excluding carboxylic acids is 1. The maximum Gasteiger partial charge on any atom is 0.246 e. The average molecular weight is 436 g/mol. The molecule has 0 saturated carbocycles. The summed E-state index contributed by atoms with van der Waals surface area (Å²) in [5.41, 5.74) is 2.55. The van der Waals surface area contributed by atoms with Gasteiger partial charge in [0.2, 0.25) is 15.9 Å². The molecule has 0 N–H and O–H groups in total. The summed E-state index contributed by atoms with van der Waals surface area (Å²) < 4.78 is 26.1. The number of carbonyl (C=O) groups is 1. The minimum Gasteiger partial charge on any atom is -0.368 e. The van der Waals surface area contributed by atoms with Gasteiger partial charge in [-0.1, -0.05) is 35.4 Å². The van der Waals surface area contributed by atoms with E-state index in [4.69, 9.17) is 11.6 Å². The monoisotopic (exact) mass is 435 g/mol. The Kier molecular flexibility index (Phi) is 6.39. The number of rotatable bonds is 5. The lowest BCUT2D eigenvalue weighted by Crippen LogP contribution is -2.55. The van der Waals surface area contributed by atoms with Crippen LogP contribution in [0.15, 0.2) is 48.5 Å². The lowest BCUT2D eigenvalue weighted by Gasteiger charge is -2.39. The fourth-order valence-electron chi connectivity index (χ4n) is 3.62. The van der Waals surface area contributed by atoms with Gasteiger partial charge in [0.15, 0.2) is 0 Å². The Morgan fingerprint density at radius 3 is 2.24 bits per heavy atom. The van der Waals surface area contributed by atoms with Gasteiger partial charge in [0.1, 0.15) is 6.04 Å². The van der Waals surface area contributed by atoms with Crippen molar-refractivity contribution in [2.45, 2.75) is 19.9 Å². The van der Waals surface area contributed by atoms with Gasteiger partial charge in [-0.05, 0) is 44.2 Å². The molecule has 1 amide bonds. The van der Waals surface area contributed by atoms with E-state index in [9.17, 15) is 13.2 Å². The van der Waals surface area contributed by atoms with Crippen molar-refractivity contribution in [1.29, 1.82) is 0 Å². The smallest absolute Gasteiger partial charge is 0.246 e. The summed E-state index contributed by atoms with van der Waals surface area (Å²) in [6.45, 7) is 5.97. The van der Waals surface area contributed by atoms with Gasteiger partial charge in [-0.3, -0.25) is 9.10 Å². The molecule has 0 spiro atoms. The average Bonchev–Trinajstić information content (AvgIpc) is 2.68. The third-order valence-corrected chi connectivity index (χ3v) is 6.60. The highest BCUT2D eigenvalue weighted by atomic mass is 35.5. The predicted molar refractivity (Wildman–Crippen MR) is 118 cm³/mol. The van der Waals surface area contributed by atoms with E-state index in [2.05, 4.69) is 4.90 Å². The van der Waals surface area contributed by atoms with Gasteiger partial charge in [0.25, 0.3) is 0 Å². The van der Waals surface area contributed by atoms with Crippen LogP contribution in [0.3, 0.4) is 0 Å². The maximum atomic E-state index is 13.1. The highest BCUT2D eigenvalue weighted by Gasteiger charge is 2.33. The third-order valence-electron chi connectivity index (χ3n) is 5.12. The Balaban J connectivity index is 1.72. The molecule has 0 radical (unpaired) electrons. The number of aryl methyl sites for hydroxylation is 1. The Hall–Kier alpha value is -2.25. The molecule has 1 unspecified atom stereocenters. The first-order valence-corrected chi connectivity index (χ1v) is 11.7. The van der Waals surface area contributed by atoms with E-state index >= 15 is 0 Å². The Morgan fingerprint density at radius 2 is 1.69 bits per heavy atom. The SMILES string of the molecule is Cc1ccc(N(C(C)C(=O)N2CCN(c3cccc(Cl)c3)CC2)S(C)(=O)=O)cc1. The molecule has 29 heavy (non-hydrogen) atoms. The zero-order valence-electron chi connectivity index (χ0n) is 16.9. The van der Waals surface area contributed by atoms with E-state index in [1.165, 1.54) is 4.31 Å². The van der Waals surface area contributed by atoms with Crippen molar-refractivity contribution in [3.8, 4) is 0 Å². The van der Waals surface area contributed by atoms with Gasteiger partial charge in [0, 0.05) is 36.9 Å². The van der Waals surface area contributed by atoms with E-state index in [-0.39, 0.29) is 5.91 Å². The number of nitrogens with zero attached hydrogens (tertiary/aromatic N) is 3. The van der Waals surface area contributed by atoms with Crippen LogP contribution in [0.4, 0.5) is 11.4 Å². The van der Waals surface area contributed by atoms with Crippen LogP contribution >= 0.6 is 11.6 Å². The first-order valence-electron chi connectivity index (χ1n) is 9.52. The summed E-state index contributed by atoms with van der Waals surface area (Å²) >= 11 is 6.08. The molecule has 8 heteroatoms. The van der Waals surface area contributed by atoms with Crippen molar-refractivity contribution < 1.29 is 13.2 Å². The normalized spacial score (nSPS) is 15.9. The Bertz CT molecular complexity index is 971. The summed E-state index contributed by atoms with van der Waals surface area (Å²) in [6.07, 6.45) is 1.13. The number of benzene rings is 2. The number of halogens is 1. The predicted octanol–water partition coefficient (Wildman–Crippen LogP) is 3.15. The highest BCUT2D eigenvalue weighted by Crippen LogP contribution is 2.24. The van der Waals surface area contributed by atoms with E-state index in [1.807, 2.05) is 43.3 Å². The van der Waals surface area contributed by atoms with Crippen molar-refractivity contribution in [3.05, 3.63) is 59.1 Å². The van der Waals surface area contributed by atoms with E-state index < -0.39 is 16.1 Å². The standard InChI is InChI=1S/C21H26ClN3O3S/c1-16-7-9-19(10-8-16)25(29(3,27)28)17(2)21(26)24-13-11-23(12-14-24)20-6-4-5-18(22)15-20/h4-10,15,17H,11-14H2,1-3H3. The minimum atomic E-state index is -3.61. The number of hydrogen-bond donors (Lipinski definition) is 0. The van der Waals surface area contributed by atoms with Crippen molar-refractivity contribution in [3.63, 3.8) is 0 Å². The van der Waals surface area contributed by atoms with Crippen molar-refractivity contribution in [2.75, 3.05) is 41.6 Å². The largest absolute Gasteiger partial charge is 0.368 e. The molecule has 0 aliphatic carbocycles. The molecule has 156 valence electrons. The van der Waals surface area contributed by atoms with Crippen LogP contribution in [0.2, 0.25) is 5.02 Å². The van der Waals surface area contributed by atoms with Gasteiger partial charge in [-0.15, -0.1) is 0 Å². The summed E-state index contributed by atoms with van der Waals surface area (Å²) in [5, 5.41) is 0.677. The number of amides is 1. The lowest BCUT2D eigenvalue weighted by molar-refractivity contribution is -0.132. The van der Waals surface area contributed by atoms with E-state index in [0.717, 1.165) is 17.5 Å². The van der Waals surface area contributed by atoms with Crippen molar-refractivity contribution >= 4 is 38.9 Å². The molecular formula is C21H26ClN3O3S. The van der Waals surface area contributed by atoms with Crippen molar-refractivity contribution in [1.82, 2.24) is 4.90 Å². The third kappa shape index (κ3) is 5.03. The van der Waals surface area contributed by atoms with Crippen LogP contribution in [-0.4, -0.2) is 57.7 Å². The van der Waals surface area contributed by atoms with Gasteiger partial charge >= 0.3 is 0 Å². The minimum absolute atomic E-state index is 0.193. The van der Waals surface area contributed by atoms with Crippen LogP contribution in [0, 0.1) is 6.92 Å². The quantitative estimate of drug-likeness (QED) is 0.723. The van der Waals surface area contributed by atoms with Crippen LogP contribution in [-0.2, 0) is 14.8 Å². The second-order valence-electron chi connectivity index (χ2n) is 7.36. The summed E-state index contributed by atoms with van der Waals surface area (Å²) in [5.74, 6) is -0.193. The molecule has 3 rings (SSSR count). The molecule has 6 nitrogen and oxygen atoms in total. The van der Waals surface area contributed by atoms with E-state index in [0.29, 0.717) is 36.9 Å². The summed E-state index contributed by atoms with van der Waals surface area (Å²) in [6, 6.07) is 14.0. The molecule has 2 aromatic rings. The van der Waals surface area contributed by atoms with Gasteiger partial charge in [0.05, 0.1) is 11.9 Å². The molecule has 0 bridgehead atoms. The second kappa shape index (κ2) is 8.63. The number of sulfonamides is 1. The number of anilines is 2. The summed E-state index contributed by atoms with van der Waals surface area (Å²) in [7, 11) is -3.61. The fourth-order valence-corrected chi connectivity index (χ4v) is 4.97. The molecule has 0 aromatic heterocycles. The molecule has 2 aromatic carbocycles. The van der Waals surface area contributed by atoms with Crippen LogP contribution in [0.5, 0.6) is 0 Å². The van der Waals surface area contributed by atoms with Crippen LogP contribution < -0.4 is 9.21 Å². The molecule has 1 atom stereocenters. The topological polar surface area (TPSA) is 60.9 Å². The molecule has 1 fully saturated rings. The molecule has 1 saturated heterocycles.